The van der Waals surface area contributed by atoms with Crippen LogP contribution >= 0.6 is 11.3 Å². The Hall–Kier alpha value is -2.82. The molecule has 3 heterocycles. The number of aromatic nitrogens is 2. The summed E-state index contributed by atoms with van der Waals surface area (Å²) in [5.41, 5.74) is 0.608. The molecule has 4 rings (SSSR count). The van der Waals surface area contributed by atoms with E-state index >= 15 is 0 Å². The van der Waals surface area contributed by atoms with Crippen molar-refractivity contribution in [3.8, 4) is 10.7 Å². The minimum absolute atomic E-state index is 0.152. The van der Waals surface area contributed by atoms with Crippen molar-refractivity contribution in [3.05, 3.63) is 57.8 Å². The Labute approximate surface area is 158 Å². The normalized spacial score (nSPS) is 14.2. The number of thiophene rings is 1. The Kier molecular flexibility index (Phi) is 4.41. The zero-order chi connectivity index (χ0) is 20.1. The Balaban J connectivity index is 1.56. The summed E-state index contributed by atoms with van der Waals surface area (Å²) in [5, 5.41) is 3.36. The molecule has 3 aromatic rings. The molecule has 1 aliphatic heterocycles. The second kappa shape index (κ2) is 6.66. The van der Waals surface area contributed by atoms with E-state index in [2.05, 4.69) is 14.7 Å². The van der Waals surface area contributed by atoms with Gasteiger partial charge in [-0.05, 0) is 30.2 Å². The largest absolute Gasteiger partial charge is 0.471 e. The average molecular weight is 415 g/mol. The topological polar surface area (TPSA) is 59.2 Å². The molecule has 1 amide bonds. The highest BCUT2D eigenvalue weighted by Gasteiger charge is 2.39. The second-order valence-corrected chi connectivity index (χ2v) is 7.22. The quantitative estimate of drug-likeness (QED) is 0.586. The van der Waals surface area contributed by atoms with Gasteiger partial charge in [0, 0.05) is 17.5 Å². The van der Waals surface area contributed by atoms with Gasteiger partial charge < -0.3 is 9.42 Å². The number of carbonyl (C=O) groups excluding carboxylic acids is 1. The first-order valence-electron chi connectivity index (χ1n) is 7.99. The number of nitrogens with zero attached hydrogens (tertiary/aromatic N) is 3. The van der Waals surface area contributed by atoms with Crippen LogP contribution in [0.15, 0.2) is 28.8 Å². The third kappa shape index (κ3) is 3.37. The van der Waals surface area contributed by atoms with Crippen LogP contribution in [0.2, 0.25) is 0 Å². The molecule has 0 fully saturated rings. The molecule has 0 atom stereocenters. The molecule has 0 radical (unpaired) electrons. The molecule has 1 aromatic carbocycles. The van der Waals surface area contributed by atoms with Crippen LogP contribution in [0.4, 0.5) is 22.0 Å². The van der Waals surface area contributed by atoms with Crippen molar-refractivity contribution >= 4 is 17.2 Å². The number of hydrogen-bond donors (Lipinski definition) is 0. The first-order chi connectivity index (χ1) is 13.2. The summed E-state index contributed by atoms with van der Waals surface area (Å²) in [7, 11) is 0. The summed E-state index contributed by atoms with van der Waals surface area (Å²) in [6.07, 6.45) is -4.30. The average Bonchev–Trinajstić information content (AvgIpc) is 3.27. The van der Waals surface area contributed by atoms with E-state index in [0.717, 1.165) is 33.9 Å². The van der Waals surface area contributed by atoms with Crippen molar-refractivity contribution in [2.24, 2.45) is 0 Å². The minimum atomic E-state index is -4.73. The van der Waals surface area contributed by atoms with Gasteiger partial charge in [0.25, 0.3) is 5.91 Å². The lowest BCUT2D eigenvalue weighted by Crippen LogP contribution is -2.35. The van der Waals surface area contributed by atoms with Crippen LogP contribution in [0.25, 0.3) is 10.7 Å². The highest BCUT2D eigenvalue weighted by Crippen LogP contribution is 2.36. The van der Waals surface area contributed by atoms with Crippen LogP contribution in [0.1, 0.15) is 26.7 Å². The highest BCUT2D eigenvalue weighted by molar-refractivity contribution is 7.15. The van der Waals surface area contributed by atoms with Gasteiger partial charge in [0.15, 0.2) is 0 Å². The molecule has 0 N–H and O–H groups in total. The zero-order valence-corrected chi connectivity index (χ0v) is 14.7. The summed E-state index contributed by atoms with van der Waals surface area (Å²) < 4.78 is 69.0. The van der Waals surface area contributed by atoms with Crippen LogP contribution in [0.5, 0.6) is 0 Å². The van der Waals surface area contributed by atoms with E-state index < -0.39 is 29.6 Å². The summed E-state index contributed by atoms with van der Waals surface area (Å²) in [4.78, 5) is 18.4. The number of benzene rings is 1. The van der Waals surface area contributed by atoms with E-state index in [1.807, 2.05) is 0 Å². The lowest BCUT2D eigenvalue weighted by atomic mass is 10.1. The standard InChI is InChI=1S/C17H10F5N3O2S/c18-9-1-2-10(11(19)6-9)15(26)25-4-3-8-5-12(28-13(8)7-25)14-23-16(27-24-14)17(20,21)22/h1-2,5-6H,3-4,7H2. The molecule has 1 aliphatic rings. The van der Waals surface area contributed by atoms with Crippen molar-refractivity contribution in [1.82, 2.24) is 15.0 Å². The van der Waals surface area contributed by atoms with Gasteiger partial charge in [-0.3, -0.25) is 4.79 Å². The van der Waals surface area contributed by atoms with Crippen molar-refractivity contribution in [2.45, 2.75) is 19.1 Å². The van der Waals surface area contributed by atoms with Crippen LogP contribution in [-0.2, 0) is 19.1 Å². The molecule has 28 heavy (non-hydrogen) atoms. The molecule has 146 valence electrons. The SMILES string of the molecule is O=C(c1ccc(F)cc1F)N1CCc2cc(-c3noc(C(F)(F)F)n3)sc2C1. The van der Waals surface area contributed by atoms with E-state index in [1.54, 1.807) is 6.07 Å². The smallest absolute Gasteiger partial charge is 0.333 e. The third-order valence-corrected chi connectivity index (χ3v) is 5.38. The molecule has 0 saturated heterocycles. The lowest BCUT2D eigenvalue weighted by molar-refractivity contribution is -0.159. The van der Waals surface area contributed by atoms with E-state index in [1.165, 1.54) is 4.90 Å². The van der Waals surface area contributed by atoms with Crippen molar-refractivity contribution in [1.29, 1.82) is 0 Å². The third-order valence-electron chi connectivity index (χ3n) is 4.22. The highest BCUT2D eigenvalue weighted by atomic mass is 32.1. The second-order valence-electron chi connectivity index (χ2n) is 6.08. The van der Waals surface area contributed by atoms with Crippen molar-refractivity contribution in [3.63, 3.8) is 0 Å². The fraction of sp³-hybridized carbons (Fsp3) is 0.235. The molecule has 5 nitrogen and oxygen atoms in total. The molecule has 0 aliphatic carbocycles. The Morgan fingerprint density at radius 2 is 2.00 bits per heavy atom. The molecule has 0 saturated carbocycles. The monoisotopic (exact) mass is 415 g/mol. The predicted octanol–water partition coefficient (Wildman–Crippen LogP) is 4.29. The van der Waals surface area contributed by atoms with Gasteiger partial charge >= 0.3 is 12.1 Å². The molecule has 11 heteroatoms. The maximum atomic E-state index is 13.9. The molecular formula is C17H10F5N3O2S. The van der Waals surface area contributed by atoms with Gasteiger partial charge in [-0.1, -0.05) is 5.16 Å². The number of alkyl halides is 3. The van der Waals surface area contributed by atoms with E-state index in [-0.39, 0.29) is 17.9 Å². The fourth-order valence-corrected chi connectivity index (χ4v) is 4.03. The number of amides is 1. The Bertz CT molecular complexity index is 1060. The molecule has 0 spiro atoms. The van der Waals surface area contributed by atoms with Crippen LogP contribution < -0.4 is 0 Å². The van der Waals surface area contributed by atoms with Gasteiger partial charge in [0.1, 0.15) is 11.6 Å². The van der Waals surface area contributed by atoms with Gasteiger partial charge in [0.05, 0.1) is 17.0 Å². The maximum absolute atomic E-state index is 13.9. The molecule has 2 aromatic heterocycles. The number of halogens is 5. The number of rotatable bonds is 2. The van der Waals surface area contributed by atoms with Gasteiger partial charge in [-0.15, -0.1) is 11.3 Å². The zero-order valence-electron chi connectivity index (χ0n) is 13.9. The predicted molar refractivity (Wildman–Crippen MR) is 87.4 cm³/mol. The van der Waals surface area contributed by atoms with Crippen LogP contribution in [0.3, 0.4) is 0 Å². The lowest BCUT2D eigenvalue weighted by Gasteiger charge is -2.27. The Morgan fingerprint density at radius 3 is 2.68 bits per heavy atom. The van der Waals surface area contributed by atoms with E-state index in [4.69, 9.17) is 0 Å². The fourth-order valence-electron chi connectivity index (χ4n) is 2.88. The van der Waals surface area contributed by atoms with E-state index in [9.17, 15) is 26.7 Å². The van der Waals surface area contributed by atoms with Gasteiger partial charge in [-0.25, -0.2) is 8.78 Å². The van der Waals surface area contributed by atoms with E-state index in [0.29, 0.717) is 23.9 Å². The minimum Gasteiger partial charge on any atom is -0.333 e. The van der Waals surface area contributed by atoms with Crippen LogP contribution in [-0.4, -0.2) is 27.5 Å². The molecule has 0 unspecified atom stereocenters. The number of hydrogen-bond acceptors (Lipinski definition) is 5. The Morgan fingerprint density at radius 1 is 1.21 bits per heavy atom. The summed E-state index contributed by atoms with van der Waals surface area (Å²) >= 11 is 1.14. The van der Waals surface area contributed by atoms with Crippen LogP contribution in [0, 0.1) is 11.6 Å². The molecule has 0 bridgehead atoms. The summed E-state index contributed by atoms with van der Waals surface area (Å²) in [5.74, 6) is -3.94. The maximum Gasteiger partial charge on any atom is 0.471 e. The summed E-state index contributed by atoms with van der Waals surface area (Å²) in [6.45, 7) is 0.443. The van der Waals surface area contributed by atoms with Crippen molar-refractivity contribution in [2.75, 3.05) is 6.54 Å². The summed E-state index contributed by atoms with van der Waals surface area (Å²) in [6, 6.07) is 4.38. The molecular weight excluding hydrogens is 405 g/mol. The van der Waals surface area contributed by atoms with Gasteiger partial charge in [-0.2, -0.15) is 18.2 Å². The van der Waals surface area contributed by atoms with Crippen molar-refractivity contribution < 1.29 is 31.3 Å². The first-order valence-corrected chi connectivity index (χ1v) is 8.81. The van der Waals surface area contributed by atoms with Gasteiger partial charge in [0.2, 0.25) is 5.82 Å². The number of carbonyl (C=O) groups is 1. The number of fused-ring (bicyclic) bond motifs is 1. The first kappa shape index (κ1) is 18.5.